The minimum absolute atomic E-state index is 0.0697. The number of morpholine rings is 1. The standard InChI is InChI=1S/C14H24N6O2/c1-10-9-22-11(2)7-19(10)14(21)16-5-12-8-20(18-17-12)13-3-4-15-6-13/h8,10-11,13,15H,3-7,9H2,1-2H3,(H,16,21). The van der Waals surface area contributed by atoms with Gasteiger partial charge in [-0.1, -0.05) is 5.21 Å². The molecule has 0 bridgehead atoms. The second-order valence-electron chi connectivity index (χ2n) is 6.14. The minimum Gasteiger partial charge on any atom is -0.375 e. The van der Waals surface area contributed by atoms with Crippen molar-refractivity contribution >= 4 is 6.03 Å². The van der Waals surface area contributed by atoms with Gasteiger partial charge in [0.05, 0.1) is 37.5 Å². The third-order valence-electron chi connectivity index (χ3n) is 4.26. The van der Waals surface area contributed by atoms with E-state index < -0.39 is 0 Å². The van der Waals surface area contributed by atoms with E-state index in [1.807, 2.05) is 29.6 Å². The Labute approximate surface area is 130 Å². The average molecular weight is 308 g/mol. The van der Waals surface area contributed by atoms with E-state index in [1.165, 1.54) is 0 Å². The Kier molecular flexibility index (Phi) is 4.58. The van der Waals surface area contributed by atoms with E-state index in [0.29, 0.717) is 25.7 Å². The lowest BCUT2D eigenvalue weighted by Crippen LogP contribution is -2.53. The molecular weight excluding hydrogens is 284 g/mol. The fraction of sp³-hybridized carbons (Fsp3) is 0.786. The molecule has 3 rings (SSSR count). The summed E-state index contributed by atoms with van der Waals surface area (Å²) in [6.07, 6.45) is 3.07. The largest absolute Gasteiger partial charge is 0.375 e. The van der Waals surface area contributed by atoms with E-state index in [9.17, 15) is 4.79 Å². The summed E-state index contributed by atoms with van der Waals surface area (Å²) in [5.74, 6) is 0. The van der Waals surface area contributed by atoms with Crippen molar-refractivity contribution in [2.75, 3.05) is 26.2 Å². The van der Waals surface area contributed by atoms with E-state index in [2.05, 4.69) is 20.9 Å². The van der Waals surface area contributed by atoms with Gasteiger partial charge >= 0.3 is 6.03 Å². The number of carbonyl (C=O) groups excluding carboxylic acids is 1. The number of urea groups is 1. The predicted octanol–water partition coefficient (Wildman–Crippen LogP) is 0.131. The van der Waals surface area contributed by atoms with Crippen LogP contribution in [0.15, 0.2) is 6.20 Å². The maximum absolute atomic E-state index is 12.3. The number of hydrogen-bond donors (Lipinski definition) is 2. The van der Waals surface area contributed by atoms with E-state index in [0.717, 1.165) is 25.2 Å². The highest BCUT2D eigenvalue weighted by molar-refractivity contribution is 5.74. The first-order valence-electron chi connectivity index (χ1n) is 7.91. The molecule has 0 spiro atoms. The lowest BCUT2D eigenvalue weighted by molar-refractivity contribution is -0.0318. The summed E-state index contributed by atoms with van der Waals surface area (Å²) in [4.78, 5) is 14.1. The monoisotopic (exact) mass is 308 g/mol. The van der Waals surface area contributed by atoms with Gasteiger partial charge < -0.3 is 20.3 Å². The Morgan fingerprint density at radius 3 is 3.18 bits per heavy atom. The van der Waals surface area contributed by atoms with Crippen LogP contribution in [-0.2, 0) is 11.3 Å². The highest BCUT2D eigenvalue weighted by atomic mass is 16.5. The van der Waals surface area contributed by atoms with Crippen LogP contribution in [0.5, 0.6) is 0 Å². The molecule has 1 aromatic rings. The predicted molar refractivity (Wildman–Crippen MR) is 80.4 cm³/mol. The van der Waals surface area contributed by atoms with Crippen molar-refractivity contribution in [2.24, 2.45) is 0 Å². The number of nitrogens with one attached hydrogen (secondary N) is 2. The van der Waals surface area contributed by atoms with Gasteiger partial charge in [-0.2, -0.15) is 0 Å². The van der Waals surface area contributed by atoms with Gasteiger partial charge in [-0.05, 0) is 26.8 Å². The van der Waals surface area contributed by atoms with Crippen molar-refractivity contribution < 1.29 is 9.53 Å². The van der Waals surface area contributed by atoms with Crippen molar-refractivity contribution in [2.45, 2.75) is 45.0 Å². The van der Waals surface area contributed by atoms with E-state index in [-0.39, 0.29) is 18.2 Å². The van der Waals surface area contributed by atoms with Gasteiger partial charge in [0.15, 0.2) is 0 Å². The number of hydrogen-bond acceptors (Lipinski definition) is 5. The van der Waals surface area contributed by atoms with Crippen molar-refractivity contribution in [1.82, 2.24) is 30.5 Å². The maximum atomic E-state index is 12.3. The molecular formula is C14H24N6O2. The molecule has 2 saturated heterocycles. The zero-order valence-electron chi connectivity index (χ0n) is 13.2. The number of aromatic nitrogens is 3. The molecule has 0 saturated carbocycles. The third kappa shape index (κ3) is 3.38. The zero-order chi connectivity index (χ0) is 15.5. The van der Waals surface area contributed by atoms with E-state index in [4.69, 9.17) is 4.74 Å². The Morgan fingerprint density at radius 2 is 2.41 bits per heavy atom. The Balaban J connectivity index is 1.52. The Hall–Kier alpha value is -1.67. The van der Waals surface area contributed by atoms with Crippen LogP contribution >= 0.6 is 0 Å². The molecule has 0 aromatic carbocycles. The van der Waals surface area contributed by atoms with Gasteiger partial charge in [0.2, 0.25) is 0 Å². The first-order chi connectivity index (χ1) is 10.6. The van der Waals surface area contributed by atoms with Gasteiger partial charge in [0.1, 0.15) is 5.69 Å². The van der Waals surface area contributed by atoms with E-state index >= 15 is 0 Å². The highest BCUT2D eigenvalue weighted by Gasteiger charge is 2.27. The second kappa shape index (κ2) is 6.62. The van der Waals surface area contributed by atoms with Gasteiger partial charge in [0.25, 0.3) is 0 Å². The van der Waals surface area contributed by atoms with Gasteiger partial charge in [0, 0.05) is 13.1 Å². The smallest absolute Gasteiger partial charge is 0.318 e. The molecule has 3 unspecified atom stereocenters. The topological polar surface area (TPSA) is 84.3 Å². The highest BCUT2D eigenvalue weighted by Crippen LogP contribution is 2.14. The lowest BCUT2D eigenvalue weighted by atomic mass is 10.2. The first kappa shape index (κ1) is 15.2. The summed E-state index contributed by atoms with van der Waals surface area (Å²) in [5.41, 5.74) is 0.786. The number of rotatable bonds is 3. The van der Waals surface area contributed by atoms with Crippen molar-refractivity contribution in [3.63, 3.8) is 0 Å². The van der Waals surface area contributed by atoms with Crippen LogP contribution in [0.2, 0.25) is 0 Å². The molecule has 0 aliphatic carbocycles. The maximum Gasteiger partial charge on any atom is 0.318 e. The van der Waals surface area contributed by atoms with Gasteiger partial charge in [-0.25, -0.2) is 9.48 Å². The van der Waals surface area contributed by atoms with Crippen LogP contribution in [0.3, 0.4) is 0 Å². The van der Waals surface area contributed by atoms with Crippen LogP contribution in [0.1, 0.15) is 32.0 Å². The molecule has 8 nitrogen and oxygen atoms in total. The molecule has 8 heteroatoms. The summed E-state index contributed by atoms with van der Waals surface area (Å²) in [7, 11) is 0. The quantitative estimate of drug-likeness (QED) is 0.829. The average Bonchev–Trinajstić information content (AvgIpc) is 3.17. The summed E-state index contributed by atoms with van der Waals surface area (Å²) >= 11 is 0. The zero-order valence-corrected chi connectivity index (χ0v) is 13.2. The van der Waals surface area contributed by atoms with Crippen LogP contribution in [0.4, 0.5) is 4.79 Å². The van der Waals surface area contributed by atoms with Crippen molar-refractivity contribution in [3.8, 4) is 0 Å². The summed E-state index contributed by atoms with van der Waals surface area (Å²) in [6, 6.07) is 0.397. The molecule has 1 aromatic heterocycles. The fourth-order valence-electron chi connectivity index (χ4n) is 2.89. The van der Waals surface area contributed by atoms with Gasteiger partial charge in [-0.15, -0.1) is 5.10 Å². The summed E-state index contributed by atoms with van der Waals surface area (Å²) in [5, 5.41) is 14.5. The number of ether oxygens (including phenoxy) is 1. The van der Waals surface area contributed by atoms with E-state index in [1.54, 1.807) is 0 Å². The van der Waals surface area contributed by atoms with Crippen LogP contribution in [-0.4, -0.2) is 64.3 Å². The molecule has 122 valence electrons. The molecule has 0 radical (unpaired) electrons. The number of carbonyl (C=O) groups is 1. The van der Waals surface area contributed by atoms with Crippen molar-refractivity contribution in [1.29, 1.82) is 0 Å². The first-order valence-corrected chi connectivity index (χ1v) is 7.91. The molecule has 2 amide bonds. The Bertz CT molecular complexity index is 513. The molecule has 3 atom stereocenters. The SMILES string of the molecule is CC1CN(C(=O)NCc2cn(C3CCNC3)nn2)C(C)CO1. The molecule has 2 aliphatic heterocycles. The number of nitrogens with zero attached hydrogens (tertiary/aromatic N) is 4. The van der Waals surface area contributed by atoms with Gasteiger partial charge in [-0.3, -0.25) is 0 Å². The normalized spacial score (nSPS) is 28.8. The molecule has 2 fully saturated rings. The molecule has 2 N–H and O–H groups in total. The third-order valence-corrected chi connectivity index (χ3v) is 4.26. The molecule has 3 heterocycles. The minimum atomic E-state index is -0.0697. The van der Waals surface area contributed by atoms with Crippen LogP contribution in [0, 0.1) is 0 Å². The summed E-state index contributed by atoms with van der Waals surface area (Å²) in [6.45, 7) is 7.52. The fourth-order valence-corrected chi connectivity index (χ4v) is 2.89. The summed E-state index contributed by atoms with van der Waals surface area (Å²) < 4.78 is 7.43. The van der Waals surface area contributed by atoms with Crippen LogP contribution < -0.4 is 10.6 Å². The molecule has 22 heavy (non-hydrogen) atoms. The lowest BCUT2D eigenvalue weighted by Gasteiger charge is -2.36. The number of amides is 2. The van der Waals surface area contributed by atoms with Crippen molar-refractivity contribution in [3.05, 3.63) is 11.9 Å². The second-order valence-corrected chi connectivity index (χ2v) is 6.14. The Morgan fingerprint density at radius 1 is 1.55 bits per heavy atom. The van der Waals surface area contributed by atoms with Crippen LogP contribution in [0.25, 0.3) is 0 Å². The molecule has 2 aliphatic rings.